The molecule has 5 heteroatoms. The minimum Gasteiger partial charge on any atom is -0.353 e. The number of hydrogen-bond acceptors (Lipinski definition) is 3. The van der Waals surface area contributed by atoms with Gasteiger partial charge in [-0.05, 0) is 69.8 Å². The van der Waals surface area contributed by atoms with E-state index in [-0.39, 0.29) is 29.5 Å². The number of hydrogen-bond donors (Lipinski definition) is 1. The highest BCUT2D eigenvalue weighted by Crippen LogP contribution is 2.31. The number of amides is 1. The zero-order valence-electron chi connectivity index (χ0n) is 13.6. The maximum absolute atomic E-state index is 12.4. The number of aryl methyl sites for hydroxylation is 2. The summed E-state index contributed by atoms with van der Waals surface area (Å²) in [6.45, 7) is 0. The average Bonchev–Trinajstić information content (AvgIpc) is 3.40. The smallest absolute Gasteiger partial charge is 0.267 e. The summed E-state index contributed by atoms with van der Waals surface area (Å²) in [7, 11) is 0. The van der Waals surface area contributed by atoms with Crippen LogP contribution in [0.25, 0.3) is 0 Å². The minimum absolute atomic E-state index is 0.0520. The van der Waals surface area contributed by atoms with Gasteiger partial charge in [0, 0.05) is 18.0 Å². The molecule has 2 saturated carbocycles. The summed E-state index contributed by atoms with van der Waals surface area (Å²) in [5.41, 5.74) is 2.33. The summed E-state index contributed by atoms with van der Waals surface area (Å²) in [6, 6.07) is 2.29. The molecule has 5 nitrogen and oxygen atoms in total. The molecule has 1 aromatic rings. The highest BCUT2D eigenvalue weighted by molar-refractivity contribution is 5.81. The number of nitrogens with one attached hydrogen (secondary N) is 1. The summed E-state index contributed by atoms with van der Waals surface area (Å²) < 4.78 is 1.73. The lowest BCUT2D eigenvalue weighted by Crippen LogP contribution is -2.40. The van der Waals surface area contributed by atoms with E-state index in [4.69, 9.17) is 0 Å². The maximum atomic E-state index is 12.4. The lowest BCUT2D eigenvalue weighted by Gasteiger charge is -2.30. The van der Waals surface area contributed by atoms with Crippen molar-refractivity contribution < 1.29 is 4.79 Å². The monoisotopic (exact) mass is 315 g/mol. The van der Waals surface area contributed by atoms with Crippen LogP contribution in [0.4, 0.5) is 0 Å². The second-order valence-corrected chi connectivity index (χ2v) is 7.39. The molecule has 23 heavy (non-hydrogen) atoms. The fraction of sp³-hybridized carbons (Fsp3) is 0.722. The van der Waals surface area contributed by atoms with Crippen molar-refractivity contribution in [1.29, 1.82) is 0 Å². The molecule has 124 valence electrons. The van der Waals surface area contributed by atoms with Gasteiger partial charge in [-0.25, -0.2) is 4.68 Å². The van der Waals surface area contributed by atoms with Gasteiger partial charge in [0.15, 0.2) is 0 Å². The maximum Gasteiger partial charge on any atom is 0.267 e. The molecule has 3 aliphatic rings. The van der Waals surface area contributed by atoms with Crippen molar-refractivity contribution in [2.24, 2.45) is 5.92 Å². The molecule has 1 aromatic heterocycles. The first-order valence-corrected chi connectivity index (χ1v) is 9.12. The van der Waals surface area contributed by atoms with Crippen LogP contribution in [0.15, 0.2) is 10.9 Å². The molecule has 0 bridgehead atoms. The van der Waals surface area contributed by atoms with Crippen molar-refractivity contribution in [3.8, 4) is 0 Å². The quantitative estimate of drug-likeness (QED) is 0.929. The van der Waals surface area contributed by atoms with E-state index >= 15 is 0 Å². The largest absolute Gasteiger partial charge is 0.353 e. The fourth-order valence-corrected chi connectivity index (χ4v) is 3.97. The molecule has 3 aliphatic carbocycles. The Kier molecular flexibility index (Phi) is 3.95. The summed E-state index contributed by atoms with van der Waals surface area (Å²) >= 11 is 0. The third-order valence-corrected chi connectivity index (χ3v) is 5.57. The van der Waals surface area contributed by atoms with Crippen LogP contribution in [0.5, 0.6) is 0 Å². The van der Waals surface area contributed by atoms with Gasteiger partial charge in [-0.15, -0.1) is 0 Å². The second kappa shape index (κ2) is 6.10. The van der Waals surface area contributed by atoms with Crippen LogP contribution in [-0.4, -0.2) is 21.7 Å². The summed E-state index contributed by atoms with van der Waals surface area (Å²) in [6.07, 6.45) is 10.2. The first-order chi connectivity index (χ1) is 11.2. The lowest BCUT2D eigenvalue weighted by molar-refractivity contribution is -0.123. The van der Waals surface area contributed by atoms with Gasteiger partial charge in [0.1, 0.15) is 0 Å². The zero-order valence-corrected chi connectivity index (χ0v) is 13.6. The first kappa shape index (κ1) is 14.9. The predicted octanol–water partition coefficient (Wildman–Crippen LogP) is 2.13. The molecule has 4 rings (SSSR count). The molecule has 1 amide bonds. The Morgan fingerprint density at radius 3 is 2.57 bits per heavy atom. The Bertz CT molecular complexity index is 655. The number of carbonyl (C=O) groups excluding carboxylic acids is 1. The Labute approximate surface area is 136 Å². The number of fused-ring (bicyclic) bond motifs is 1. The molecule has 0 saturated heterocycles. The van der Waals surface area contributed by atoms with Gasteiger partial charge >= 0.3 is 0 Å². The van der Waals surface area contributed by atoms with Gasteiger partial charge in [-0.3, -0.25) is 9.59 Å². The van der Waals surface area contributed by atoms with E-state index in [2.05, 4.69) is 10.4 Å². The molecule has 0 atom stereocenters. The Morgan fingerprint density at radius 2 is 1.83 bits per heavy atom. The summed E-state index contributed by atoms with van der Waals surface area (Å²) in [5, 5.41) is 7.85. The van der Waals surface area contributed by atoms with Crippen LogP contribution < -0.4 is 10.9 Å². The standard InChI is InChI=1S/C18H25N3O2/c22-17-11-13-3-1-2-4-16(13)20-21(17)15-9-7-14(8-10-15)19-18(23)12-5-6-12/h11-12,14-15H,1-10H2,(H,19,23). The Morgan fingerprint density at radius 1 is 1.09 bits per heavy atom. The molecular formula is C18H25N3O2. The lowest BCUT2D eigenvalue weighted by atomic mass is 9.90. The van der Waals surface area contributed by atoms with E-state index < -0.39 is 0 Å². The van der Waals surface area contributed by atoms with E-state index in [0.29, 0.717) is 0 Å². The van der Waals surface area contributed by atoms with Crippen LogP contribution in [-0.2, 0) is 17.6 Å². The van der Waals surface area contributed by atoms with Gasteiger partial charge in [-0.1, -0.05) is 0 Å². The van der Waals surface area contributed by atoms with Crippen LogP contribution in [0.3, 0.4) is 0 Å². The number of nitrogens with zero attached hydrogens (tertiary/aromatic N) is 2. The van der Waals surface area contributed by atoms with Crippen molar-refractivity contribution in [2.45, 2.75) is 76.3 Å². The number of carbonyl (C=O) groups is 1. The topological polar surface area (TPSA) is 64.0 Å². The second-order valence-electron chi connectivity index (χ2n) is 7.39. The van der Waals surface area contributed by atoms with Crippen LogP contribution in [0.1, 0.15) is 68.7 Å². The minimum atomic E-state index is 0.0520. The molecule has 1 heterocycles. The Balaban J connectivity index is 1.41. The van der Waals surface area contributed by atoms with E-state index in [1.54, 1.807) is 4.68 Å². The molecule has 2 fully saturated rings. The van der Waals surface area contributed by atoms with E-state index in [0.717, 1.165) is 62.6 Å². The Hall–Kier alpha value is -1.65. The van der Waals surface area contributed by atoms with Crippen molar-refractivity contribution in [1.82, 2.24) is 15.1 Å². The van der Waals surface area contributed by atoms with E-state index in [9.17, 15) is 9.59 Å². The van der Waals surface area contributed by atoms with Crippen molar-refractivity contribution >= 4 is 5.91 Å². The van der Waals surface area contributed by atoms with Crippen LogP contribution in [0.2, 0.25) is 0 Å². The van der Waals surface area contributed by atoms with Gasteiger partial charge < -0.3 is 5.32 Å². The van der Waals surface area contributed by atoms with E-state index in [1.165, 1.54) is 12.8 Å². The summed E-state index contributed by atoms with van der Waals surface area (Å²) in [5.74, 6) is 0.509. The van der Waals surface area contributed by atoms with Crippen LogP contribution >= 0.6 is 0 Å². The molecule has 1 N–H and O–H groups in total. The molecule has 0 spiro atoms. The molecule has 0 aromatic carbocycles. The normalized spacial score (nSPS) is 27.3. The number of aromatic nitrogens is 2. The molecular weight excluding hydrogens is 290 g/mol. The van der Waals surface area contributed by atoms with Crippen molar-refractivity contribution in [3.63, 3.8) is 0 Å². The third kappa shape index (κ3) is 3.19. The number of rotatable bonds is 3. The van der Waals surface area contributed by atoms with Crippen LogP contribution in [0, 0.1) is 5.92 Å². The molecule has 0 aliphatic heterocycles. The molecule has 0 radical (unpaired) electrons. The van der Waals surface area contributed by atoms with Gasteiger partial charge in [0.05, 0.1) is 11.7 Å². The van der Waals surface area contributed by atoms with Gasteiger partial charge in [0.2, 0.25) is 5.91 Å². The van der Waals surface area contributed by atoms with E-state index in [1.807, 2.05) is 6.07 Å². The average molecular weight is 315 g/mol. The van der Waals surface area contributed by atoms with Crippen molar-refractivity contribution in [2.75, 3.05) is 0 Å². The SMILES string of the molecule is O=C(NC1CCC(n2nc3c(cc2=O)CCCC3)CC1)C1CC1. The highest BCUT2D eigenvalue weighted by Gasteiger charge is 2.32. The van der Waals surface area contributed by atoms with Crippen molar-refractivity contribution in [3.05, 3.63) is 27.7 Å². The first-order valence-electron chi connectivity index (χ1n) is 9.12. The van der Waals surface area contributed by atoms with Gasteiger partial charge in [0.25, 0.3) is 5.56 Å². The predicted molar refractivity (Wildman–Crippen MR) is 87.3 cm³/mol. The zero-order chi connectivity index (χ0) is 15.8. The fourth-order valence-electron chi connectivity index (χ4n) is 3.97. The summed E-state index contributed by atoms with van der Waals surface area (Å²) in [4.78, 5) is 24.2. The third-order valence-electron chi connectivity index (χ3n) is 5.57. The van der Waals surface area contributed by atoms with Gasteiger partial charge in [-0.2, -0.15) is 5.10 Å². The highest BCUT2D eigenvalue weighted by atomic mass is 16.2. The molecule has 0 unspecified atom stereocenters.